The van der Waals surface area contributed by atoms with Crippen molar-refractivity contribution in [3.8, 4) is 0 Å². The lowest BCUT2D eigenvalue weighted by molar-refractivity contribution is 0.931. The first-order valence-electron chi connectivity index (χ1n) is 5.25. The summed E-state index contributed by atoms with van der Waals surface area (Å²) >= 11 is 0. The fraction of sp³-hybridized carbons (Fsp3) is 0.455. The van der Waals surface area contributed by atoms with E-state index in [0.717, 1.165) is 30.0 Å². The van der Waals surface area contributed by atoms with Crippen molar-refractivity contribution in [3.05, 3.63) is 23.4 Å². The molecule has 4 heteroatoms. The van der Waals surface area contributed by atoms with Gasteiger partial charge in [0.2, 0.25) is 0 Å². The number of nitrogens with zero attached hydrogens (tertiary/aromatic N) is 2. The van der Waals surface area contributed by atoms with E-state index in [1.807, 2.05) is 13.0 Å². The van der Waals surface area contributed by atoms with E-state index in [1.54, 1.807) is 6.20 Å². The molecular weight excluding hydrogens is 188 g/mol. The van der Waals surface area contributed by atoms with E-state index < -0.39 is 0 Å². The van der Waals surface area contributed by atoms with E-state index in [4.69, 9.17) is 11.1 Å². The quantitative estimate of drug-likeness (QED) is 0.563. The van der Waals surface area contributed by atoms with Crippen LogP contribution in [0.4, 0.5) is 5.82 Å². The number of nitrogens with two attached hydrogens (primary N) is 1. The van der Waals surface area contributed by atoms with Crippen LogP contribution in [0.3, 0.4) is 0 Å². The van der Waals surface area contributed by atoms with Crippen LogP contribution >= 0.6 is 0 Å². The number of nitrogens with one attached hydrogen (secondary N) is 1. The molecule has 0 radical (unpaired) electrons. The van der Waals surface area contributed by atoms with Gasteiger partial charge in [0.1, 0.15) is 11.7 Å². The standard InChI is InChI=1S/C11H16N4/c1-8-4-5-14-11(9(8)10(12)13)15-6-2-3-7-15/h4-5H,2-3,6-7H2,1H3,(H3,12,13). The van der Waals surface area contributed by atoms with Crippen LogP contribution in [-0.2, 0) is 0 Å². The van der Waals surface area contributed by atoms with E-state index in [0.29, 0.717) is 0 Å². The number of amidine groups is 1. The van der Waals surface area contributed by atoms with Crippen LogP contribution in [0.25, 0.3) is 0 Å². The Kier molecular flexibility index (Phi) is 2.58. The smallest absolute Gasteiger partial charge is 0.139 e. The summed E-state index contributed by atoms with van der Waals surface area (Å²) in [5, 5.41) is 7.59. The van der Waals surface area contributed by atoms with Crippen molar-refractivity contribution in [2.75, 3.05) is 18.0 Å². The fourth-order valence-corrected chi connectivity index (χ4v) is 2.05. The second-order valence-electron chi connectivity index (χ2n) is 3.93. The van der Waals surface area contributed by atoms with Crippen molar-refractivity contribution in [1.82, 2.24) is 4.98 Å². The van der Waals surface area contributed by atoms with Crippen molar-refractivity contribution >= 4 is 11.7 Å². The highest BCUT2D eigenvalue weighted by atomic mass is 15.2. The molecule has 2 heterocycles. The van der Waals surface area contributed by atoms with Crippen LogP contribution in [0.5, 0.6) is 0 Å². The molecule has 0 saturated carbocycles. The summed E-state index contributed by atoms with van der Waals surface area (Å²) < 4.78 is 0. The van der Waals surface area contributed by atoms with Crippen LogP contribution in [0.2, 0.25) is 0 Å². The molecule has 1 aliphatic rings. The molecule has 1 aliphatic heterocycles. The first-order valence-corrected chi connectivity index (χ1v) is 5.25. The number of hydrogen-bond acceptors (Lipinski definition) is 3. The lowest BCUT2D eigenvalue weighted by Gasteiger charge is -2.20. The molecular formula is C11H16N4. The first-order chi connectivity index (χ1) is 7.20. The van der Waals surface area contributed by atoms with Crippen molar-refractivity contribution < 1.29 is 0 Å². The van der Waals surface area contributed by atoms with E-state index in [1.165, 1.54) is 12.8 Å². The number of hydrogen-bond donors (Lipinski definition) is 2. The van der Waals surface area contributed by atoms with Gasteiger partial charge < -0.3 is 10.6 Å². The van der Waals surface area contributed by atoms with Gasteiger partial charge in [-0.15, -0.1) is 0 Å². The average Bonchev–Trinajstić information content (AvgIpc) is 2.69. The molecule has 0 spiro atoms. The molecule has 0 bridgehead atoms. The minimum absolute atomic E-state index is 0.113. The maximum atomic E-state index is 7.59. The van der Waals surface area contributed by atoms with E-state index in [9.17, 15) is 0 Å². The van der Waals surface area contributed by atoms with Gasteiger partial charge in [0.05, 0.1) is 5.56 Å². The first kappa shape index (κ1) is 9.96. The van der Waals surface area contributed by atoms with Gasteiger partial charge in [-0.1, -0.05) is 0 Å². The lowest BCUT2D eigenvalue weighted by Crippen LogP contribution is -2.25. The third kappa shape index (κ3) is 1.79. The van der Waals surface area contributed by atoms with Gasteiger partial charge in [-0.25, -0.2) is 4.98 Å². The van der Waals surface area contributed by atoms with Gasteiger partial charge in [-0.05, 0) is 31.4 Å². The number of rotatable bonds is 2. The Morgan fingerprint density at radius 3 is 2.73 bits per heavy atom. The number of nitrogen functional groups attached to an aromatic ring is 1. The maximum Gasteiger partial charge on any atom is 0.139 e. The molecule has 0 aromatic carbocycles. The predicted molar refractivity (Wildman–Crippen MR) is 61.4 cm³/mol. The zero-order valence-electron chi connectivity index (χ0n) is 8.95. The summed E-state index contributed by atoms with van der Waals surface area (Å²) in [5.74, 6) is 0.988. The lowest BCUT2D eigenvalue weighted by atomic mass is 10.1. The summed E-state index contributed by atoms with van der Waals surface area (Å²) in [5.41, 5.74) is 7.42. The highest BCUT2D eigenvalue weighted by Gasteiger charge is 2.19. The Bertz CT molecular complexity index is 380. The summed E-state index contributed by atoms with van der Waals surface area (Å²) in [7, 11) is 0. The minimum Gasteiger partial charge on any atom is -0.384 e. The second kappa shape index (κ2) is 3.88. The van der Waals surface area contributed by atoms with Crippen molar-refractivity contribution in [2.24, 2.45) is 5.73 Å². The van der Waals surface area contributed by atoms with Gasteiger partial charge in [0.15, 0.2) is 0 Å². The maximum absolute atomic E-state index is 7.59. The molecule has 4 nitrogen and oxygen atoms in total. The zero-order valence-corrected chi connectivity index (χ0v) is 8.95. The Balaban J connectivity index is 2.45. The van der Waals surface area contributed by atoms with Gasteiger partial charge >= 0.3 is 0 Å². The Morgan fingerprint density at radius 1 is 1.47 bits per heavy atom. The Hall–Kier alpha value is -1.58. The molecule has 0 unspecified atom stereocenters. The largest absolute Gasteiger partial charge is 0.384 e. The third-order valence-electron chi connectivity index (χ3n) is 2.81. The number of pyridine rings is 1. The summed E-state index contributed by atoms with van der Waals surface area (Å²) in [6, 6.07) is 1.90. The summed E-state index contributed by atoms with van der Waals surface area (Å²) in [6.45, 7) is 4.02. The Labute approximate surface area is 89.6 Å². The van der Waals surface area contributed by atoms with E-state index in [2.05, 4.69) is 9.88 Å². The monoisotopic (exact) mass is 204 g/mol. The molecule has 80 valence electrons. The number of anilines is 1. The van der Waals surface area contributed by atoms with E-state index >= 15 is 0 Å². The van der Waals surface area contributed by atoms with Crippen LogP contribution in [-0.4, -0.2) is 23.9 Å². The average molecular weight is 204 g/mol. The second-order valence-corrected chi connectivity index (χ2v) is 3.93. The zero-order chi connectivity index (χ0) is 10.8. The molecule has 0 atom stereocenters. The third-order valence-corrected chi connectivity index (χ3v) is 2.81. The van der Waals surface area contributed by atoms with Gasteiger partial charge in [-0.2, -0.15) is 0 Å². The Morgan fingerprint density at radius 2 is 2.13 bits per heavy atom. The molecule has 3 N–H and O–H groups in total. The molecule has 1 saturated heterocycles. The van der Waals surface area contributed by atoms with Crippen LogP contribution in [0, 0.1) is 12.3 Å². The molecule has 1 aromatic heterocycles. The fourth-order valence-electron chi connectivity index (χ4n) is 2.05. The van der Waals surface area contributed by atoms with Crippen LogP contribution in [0.1, 0.15) is 24.0 Å². The van der Waals surface area contributed by atoms with Crippen molar-refractivity contribution in [1.29, 1.82) is 5.41 Å². The molecule has 15 heavy (non-hydrogen) atoms. The molecule has 2 rings (SSSR count). The van der Waals surface area contributed by atoms with Crippen molar-refractivity contribution in [2.45, 2.75) is 19.8 Å². The highest BCUT2D eigenvalue weighted by Crippen LogP contribution is 2.23. The van der Waals surface area contributed by atoms with Crippen molar-refractivity contribution in [3.63, 3.8) is 0 Å². The SMILES string of the molecule is Cc1ccnc(N2CCCC2)c1C(=N)N. The molecule has 0 aliphatic carbocycles. The number of aromatic nitrogens is 1. The number of aryl methyl sites for hydroxylation is 1. The van der Waals surface area contributed by atoms with Gasteiger partial charge in [-0.3, -0.25) is 5.41 Å². The minimum atomic E-state index is 0.113. The molecule has 1 aromatic rings. The summed E-state index contributed by atoms with van der Waals surface area (Å²) in [6.07, 6.45) is 4.19. The van der Waals surface area contributed by atoms with Crippen LogP contribution < -0.4 is 10.6 Å². The van der Waals surface area contributed by atoms with E-state index in [-0.39, 0.29) is 5.84 Å². The molecule has 1 fully saturated rings. The van der Waals surface area contributed by atoms with Gasteiger partial charge in [0, 0.05) is 19.3 Å². The molecule has 0 amide bonds. The van der Waals surface area contributed by atoms with Crippen LogP contribution in [0.15, 0.2) is 12.3 Å². The summed E-state index contributed by atoms with van der Waals surface area (Å²) in [4.78, 5) is 6.56. The van der Waals surface area contributed by atoms with Gasteiger partial charge in [0.25, 0.3) is 0 Å². The predicted octanol–water partition coefficient (Wildman–Crippen LogP) is 1.27. The normalized spacial score (nSPS) is 15.7. The topological polar surface area (TPSA) is 66.0 Å². The highest BCUT2D eigenvalue weighted by molar-refractivity contribution is 6.01.